The Hall–Kier alpha value is -4.47. The number of aliphatic hydroxyl groups excluding tert-OH is 1. The summed E-state index contributed by atoms with van der Waals surface area (Å²) >= 11 is 0. The fraction of sp³-hybridized carbons (Fsp3) is 0.208. The van der Waals surface area contributed by atoms with Gasteiger partial charge in [-0.25, -0.2) is 4.98 Å². The van der Waals surface area contributed by atoms with Crippen LogP contribution in [-0.4, -0.2) is 50.2 Å². The highest BCUT2D eigenvalue weighted by Crippen LogP contribution is 2.40. The predicted octanol–water partition coefficient (Wildman–Crippen LogP) is 3.38. The molecule has 1 aliphatic heterocycles. The Morgan fingerprint density at radius 3 is 2.47 bits per heavy atom. The number of hydrogen-bond donors (Lipinski definition) is 2. The maximum absolute atomic E-state index is 13.0. The first-order valence-electron chi connectivity index (χ1n) is 10.6. The number of nitrogens with one attached hydrogen (secondary N) is 1. The van der Waals surface area contributed by atoms with E-state index < -0.39 is 22.7 Å². The highest BCUT2D eigenvalue weighted by atomic mass is 16.6. The number of methoxy groups -OCH3 is 1. The third kappa shape index (κ3) is 4.38. The molecule has 174 valence electrons. The maximum Gasteiger partial charge on any atom is 0.295 e. The van der Waals surface area contributed by atoms with E-state index >= 15 is 0 Å². The van der Waals surface area contributed by atoms with Crippen LogP contribution in [0.1, 0.15) is 29.4 Å². The summed E-state index contributed by atoms with van der Waals surface area (Å²) in [6, 6.07) is 11.2. The first-order valence-corrected chi connectivity index (χ1v) is 10.6. The van der Waals surface area contributed by atoms with Crippen molar-refractivity contribution in [2.24, 2.45) is 0 Å². The van der Waals surface area contributed by atoms with Gasteiger partial charge in [-0.05, 0) is 48.4 Å². The van der Waals surface area contributed by atoms with Crippen molar-refractivity contribution in [1.82, 2.24) is 14.9 Å². The quantitative estimate of drug-likeness (QED) is 0.172. The van der Waals surface area contributed by atoms with Gasteiger partial charge in [0.05, 0.1) is 23.6 Å². The molecule has 1 saturated heterocycles. The first kappa shape index (κ1) is 22.7. The number of carbonyl (C=O) groups is 2. The van der Waals surface area contributed by atoms with E-state index in [1.807, 2.05) is 0 Å². The van der Waals surface area contributed by atoms with Gasteiger partial charge in [0.2, 0.25) is 0 Å². The summed E-state index contributed by atoms with van der Waals surface area (Å²) in [6.45, 7) is 0.228. The number of Topliss-reactive ketones (excluding diaryl/α,β-unsaturated/α-hetero) is 1. The minimum atomic E-state index is -0.889. The number of aryl methyl sites for hydroxylation is 1. The minimum absolute atomic E-state index is 0.0676. The molecule has 2 heterocycles. The van der Waals surface area contributed by atoms with Crippen LogP contribution >= 0.6 is 0 Å². The molecule has 0 spiro atoms. The monoisotopic (exact) mass is 462 g/mol. The molecular formula is C24H22N4O6. The SMILES string of the molecule is COc1ccc(/C(O)=C2\C(=O)C(=O)N(CCCc3ncc[nH]3)C2c2ccc([N+](=O)[O-])cc2)cc1. The normalized spacial score (nSPS) is 17.2. The molecule has 1 aliphatic rings. The topological polar surface area (TPSA) is 139 Å². The van der Waals surface area contributed by atoms with Crippen LogP contribution in [0.25, 0.3) is 5.76 Å². The Bertz CT molecular complexity index is 1230. The van der Waals surface area contributed by atoms with E-state index in [1.165, 1.54) is 36.3 Å². The third-order valence-corrected chi connectivity index (χ3v) is 5.69. The molecule has 0 saturated carbocycles. The fourth-order valence-electron chi connectivity index (χ4n) is 3.99. The van der Waals surface area contributed by atoms with Crippen molar-refractivity contribution in [3.05, 3.63) is 93.6 Å². The van der Waals surface area contributed by atoms with Crippen molar-refractivity contribution in [1.29, 1.82) is 0 Å². The molecule has 10 heteroatoms. The zero-order valence-electron chi connectivity index (χ0n) is 18.3. The molecule has 3 aromatic rings. The smallest absolute Gasteiger partial charge is 0.295 e. The first-order chi connectivity index (χ1) is 16.4. The van der Waals surface area contributed by atoms with Gasteiger partial charge in [-0.1, -0.05) is 0 Å². The van der Waals surface area contributed by atoms with Gasteiger partial charge in [-0.15, -0.1) is 0 Å². The average Bonchev–Trinajstić information content (AvgIpc) is 3.46. The number of imidazole rings is 1. The Morgan fingerprint density at radius 1 is 1.18 bits per heavy atom. The van der Waals surface area contributed by atoms with Crippen LogP contribution in [0.4, 0.5) is 5.69 Å². The number of aromatic nitrogens is 2. The number of non-ortho nitro benzene ring substituents is 1. The zero-order valence-corrected chi connectivity index (χ0v) is 18.3. The van der Waals surface area contributed by atoms with Crippen LogP contribution in [0.2, 0.25) is 0 Å². The second-order valence-corrected chi connectivity index (χ2v) is 7.71. The van der Waals surface area contributed by atoms with E-state index in [0.29, 0.717) is 29.7 Å². The number of aliphatic hydroxyl groups is 1. The molecule has 10 nitrogen and oxygen atoms in total. The maximum atomic E-state index is 13.0. The number of ketones is 1. The van der Waals surface area contributed by atoms with E-state index in [1.54, 1.807) is 36.7 Å². The van der Waals surface area contributed by atoms with Gasteiger partial charge >= 0.3 is 0 Å². The van der Waals surface area contributed by atoms with Gasteiger partial charge in [-0.3, -0.25) is 19.7 Å². The van der Waals surface area contributed by atoms with Gasteiger partial charge in [0.1, 0.15) is 17.3 Å². The number of aromatic amines is 1. The molecule has 4 rings (SSSR count). The predicted molar refractivity (Wildman–Crippen MR) is 122 cm³/mol. The van der Waals surface area contributed by atoms with E-state index in [2.05, 4.69) is 9.97 Å². The number of carbonyl (C=O) groups excluding carboxylic acids is 2. The molecule has 1 aromatic heterocycles. The van der Waals surface area contributed by atoms with E-state index in [9.17, 15) is 24.8 Å². The van der Waals surface area contributed by atoms with Crippen molar-refractivity contribution in [2.45, 2.75) is 18.9 Å². The molecule has 2 N–H and O–H groups in total. The lowest BCUT2D eigenvalue weighted by Crippen LogP contribution is -2.31. The number of H-pyrrole nitrogens is 1. The molecule has 1 unspecified atom stereocenters. The second-order valence-electron chi connectivity index (χ2n) is 7.71. The van der Waals surface area contributed by atoms with E-state index in [0.717, 1.165) is 5.82 Å². The molecule has 1 amide bonds. The van der Waals surface area contributed by atoms with Crippen LogP contribution in [0.5, 0.6) is 5.75 Å². The molecular weight excluding hydrogens is 440 g/mol. The Morgan fingerprint density at radius 2 is 1.88 bits per heavy atom. The third-order valence-electron chi connectivity index (χ3n) is 5.69. The number of nitro groups is 1. The van der Waals surface area contributed by atoms with Crippen LogP contribution in [0, 0.1) is 10.1 Å². The molecule has 34 heavy (non-hydrogen) atoms. The Kier molecular flexibility index (Phi) is 6.39. The number of benzene rings is 2. The highest BCUT2D eigenvalue weighted by molar-refractivity contribution is 6.46. The summed E-state index contributed by atoms with van der Waals surface area (Å²) in [5.41, 5.74) is 0.648. The molecule has 0 aliphatic carbocycles. The van der Waals surface area contributed by atoms with Gasteiger partial charge in [-0.2, -0.15) is 0 Å². The van der Waals surface area contributed by atoms with Crippen molar-refractivity contribution < 1.29 is 24.4 Å². The van der Waals surface area contributed by atoms with Crippen LogP contribution < -0.4 is 4.74 Å². The summed E-state index contributed by atoms with van der Waals surface area (Å²) < 4.78 is 5.14. The summed E-state index contributed by atoms with van der Waals surface area (Å²) in [7, 11) is 1.51. The molecule has 1 atom stereocenters. The van der Waals surface area contributed by atoms with Crippen molar-refractivity contribution >= 4 is 23.1 Å². The number of ether oxygens (including phenoxy) is 1. The zero-order chi connectivity index (χ0) is 24.2. The van der Waals surface area contributed by atoms with Gasteiger partial charge in [0.15, 0.2) is 0 Å². The van der Waals surface area contributed by atoms with Gasteiger partial charge in [0, 0.05) is 43.1 Å². The lowest BCUT2D eigenvalue weighted by molar-refractivity contribution is -0.384. The van der Waals surface area contributed by atoms with Crippen LogP contribution in [-0.2, 0) is 16.0 Å². The standard InChI is InChI=1S/C24H22N4O6/c1-34-18-10-6-16(7-11-18)22(29)20-21(15-4-8-17(9-5-15)28(32)33)27(24(31)23(20)30)14-2-3-19-25-12-13-26-19/h4-13,21,29H,2-3,14H2,1H3,(H,25,26)/b22-20+. The fourth-order valence-corrected chi connectivity index (χ4v) is 3.99. The molecule has 0 bridgehead atoms. The number of likely N-dealkylation sites (tertiary alicyclic amines) is 1. The highest BCUT2D eigenvalue weighted by Gasteiger charge is 2.45. The lowest BCUT2D eigenvalue weighted by Gasteiger charge is -2.25. The van der Waals surface area contributed by atoms with Gasteiger partial charge in [0.25, 0.3) is 17.4 Å². The summed E-state index contributed by atoms with van der Waals surface area (Å²) in [6.07, 6.45) is 4.41. The van der Waals surface area contributed by atoms with Crippen LogP contribution in [0.3, 0.4) is 0 Å². The summed E-state index contributed by atoms with van der Waals surface area (Å²) in [5, 5.41) is 22.1. The lowest BCUT2D eigenvalue weighted by atomic mass is 9.95. The van der Waals surface area contributed by atoms with Crippen molar-refractivity contribution in [3.63, 3.8) is 0 Å². The summed E-state index contributed by atoms with van der Waals surface area (Å²) in [5.74, 6) is -0.547. The largest absolute Gasteiger partial charge is 0.507 e. The number of amides is 1. The van der Waals surface area contributed by atoms with Crippen molar-refractivity contribution in [2.75, 3.05) is 13.7 Å². The molecule has 1 fully saturated rings. The number of hydrogen-bond acceptors (Lipinski definition) is 7. The number of nitro benzene ring substituents is 1. The van der Waals surface area contributed by atoms with Crippen molar-refractivity contribution in [3.8, 4) is 5.75 Å². The van der Waals surface area contributed by atoms with E-state index in [-0.39, 0.29) is 23.6 Å². The summed E-state index contributed by atoms with van der Waals surface area (Å²) in [4.78, 5) is 45.1. The Balaban J connectivity index is 1.73. The second kappa shape index (κ2) is 9.57. The minimum Gasteiger partial charge on any atom is -0.507 e. The van der Waals surface area contributed by atoms with E-state index in [4.69, 9.17) is 4.74 Å². The van der Waals surface area contributed by atoms with Crippen LogP contribution in [0.15, 0.2) is 66.5 Å². The molecule has 2 aromatic carbocycles. The average molecular weight is 462 g/mol. The molecule has 0 radical (unpaired) electrons. The number of nitrogens with zero attached hydrogens (tertiary/aromatic N) is 3. The number of rotatable bonds is 8. The van der Waals surface area contributed by atoms with Gasteiger partial charge < -0.3 is 19.7 Å². The Labute approximate surface area is 194 Å².